The summed E-state index contributed by atoms with van der Waals surface area (Å²) in [5.74, 6) is -0.558. The van der Waals surface area contributed by atoms with Gasteiger partial charge in [-0.05, 0) is 6.92 Å². The maximum atomic E-state index is 12.6. The maximum absolute atomic E-state index is 12.6. The highest BCUT2D eigenvalue weighted by molar-refractivity contribution is 7.86. The Bertz CT molecular complexity index is 264. The third-order valence-corrected chi connectivity index (χ3v) is 3.16. The highest BCUT2D eigenvalue weighted by Crippen LogP contribution is 2.27. The number of hydrogen-bond acceptors (Lipinski definition) is 4. The van der Waals surface area contributed by atoms with E-state index in [1.165, 1.54) is 0 Å². The molecule has 1 aliphatic heterocycles. The van der Waals surface area contributed by atoms with E-state index in [4.69, 9.17) is 9.47 Å². The van der Waals surface area contributed by atoms with Crippen LogP contribution in [0.15, 0.2) is 0 Å². The van der Waals surface area contributed by atoms with Crippen molar-refractivity contribution in [1.82, 2.24) is 0 Å². The molecule has 0 aromatic heterocycles. The van der Waals surface area contributed by atoms with Crippen molar-refractivity contribution in [1.29, 1.82) is 0 Å². The standard InChI is InChI=1S/C8H15FO4S/c1-2-13-8(7-14(9,10)11)3-5-12-6-4-8/h2-7H2,1H3. The van der Waals surface area contributed by atoms with Gasteiger partial charge in [0, 0.05) is 32.7 Å². The summed E-state index contributed by atoms with van der Waals surface area (Å²) < 4.78 is 44.2. The summed E-state index contributed by atoms with van der Waals surface area (Å²) in [7, 11) is -4.48. The fourth-order valence-corrected chi connectivity index (χ4v) is 2.69. The topological polar surface area (TPSA) is 52.6 Å². The average molecular weight is 226 g/mol. The Morgan fingerprint density at radius 1 is 1.43 bits per heavy atom. The van der Waals surface area contributed by atoms with Crippen LogP contribution in [0.3, 0.4) is 0 Å². The van der Waals surface area contributed by atoms with Gasteiger partial charge in [0.25, 0.3) is 0 Å². The molecular formula is C8H15FO4S. The van der Waals surface area contributed by atoms with E-state index in [0.29, 0.717) is 32.7 Å². The van der Waals surface area contributed by atoms with Crippen molar-refractivity contribution in [3.05, 3.63) is 0 Å². The minimum atomic E-state index is -4.48. The highest BCUT2D eigenvalue weighted by atomic mass is 32.3. The zero-order valence-electron chi connectivity index (χ0n) is 8.16. The van der Waals surface area contributed by atoms with E-state index in [2.05, 4.69) is 0 Å². The maximum Gasteiger partial charge on any atom is 0.305 e. The summed E-state index contributed by atoms with van der Waals surface area (Å²) in [6.45, 7) is 3.00. The van der Waals surface area contributed by atoms with Gasteiger partial charge in [0.2, 0.25) is 0 Å². The molecule has 0 atom stereocenters. The van der Waals surface area contributed by atoms with Crippen LogP contribution in [0.4, 0.5) is 3.89 Å². The SMILES string of the molecule is CCOC1(CS(=O)(=O)F)CCOCC1. The molecule has 1 saturated heterocycles. The molecule has 84 valence electrons. The van der Waals surface area contributed by atoms with E-state index in [0.717, 1.165) is 0 Å². The zero-order valence-corrected chi connectivity index (χ0v) is 8.98. The summed E-state index contributed by atoms with van der Waals surface area (Å²) in [6, 6.07) is 0. The van der Waals surface area contributed by atoms with Crippen LogP contribution in [0.1, 0.15) is 19.8 Å². The van der Waals surface area contributed by atoms with Crippen molar-refractivity contribution in [3.63, 3.8) is 0 Å². The summed E-state index contributed by atoms with van der Waals surface area (Å²) in [5, 5.41) is 0. The smallest absolute Gasteiger partial charge is 0.305 e. The van der Waals surface area contributed by atoms with E-state index in [1.807, 2.05) is 0 Å². The van der Waals surface area contributed by atoms with Crippen LogP contribution >= 0.6 is 0 Å². The third kappa shape index (κ3) is 3.51. The van der Waals surface area contributed by atoms with Crippen molar-refractivity contribution >= 4 is 10.2 Å². The van der Waals surface area contributed by atoms with Gasteiger partial charge in [0.1, 0.15) is 5.75 Å². The van der Waals surface area contributed by atoms with Gasteiger partial charge in [0.05, 0.1) is 5.60 Å². The number of rotatable bonds is 4. The first-order valence-electron chi connectivity index (χ1n) is 4.61. The predicted molar refractivity (Wildman–Crippen MR) is 49.3 cm³/mol. The predicted octanol–water partition coefficient (Wildman–Crippen LogP) is 0.871. The first-order valence-corrected chi connectivity index (χ1v) is 6.17. The molecule has 1 heterocycles. The Balaban J connectivity index is 2.70. The Morgan fingerprint density at radius 3 is 2.43 bits per heavy atom. The molecule has 0 N–H and O–H groups in total. The molecule has 0 aromatic rings. The molecule has 6 heteroatoms. The lowest BCUT2D eigenvalue weighted by Crippen LogP contribution is -2.44. The van der Waals surface area contributed by atoms with E-state index < -0.39 is 21.6 Å². The van der Waals surface area contributed by atoms with E-state index in [-0.39, 0.29) is 0 Å². The summed E-state index contributed by atoms with van der Waals surface area (Å²) in [6.07, 6.45) is 0.869. The number of halogens is 1. The fourth-order valence-electron chi connectivity index (χ4n) is 1.69. The van der Waals surface area contributed by atoms with E-state index in [9.17, 15) is 12.3 Å². The van der Waals surface area contributed by atoms with Crippen molar-refractivity contribution in [2.75, 3.05) is 25.6 Å². The van der Waals surface area contributed by atoms with Crippen LogP contribution in [0.2, 0.25) is 0 Å². The van der Waals surface area contributed by atoms with Crippen molar-refractivity contribution in [2.24, 2.45) is 0 Å². The van der Waals surface area contributed by atoms with Gasteiger partial charge in [-0.25, -0.2) is 0 Å². The number of hydrogen-bond donors (Lipinski definition) is 0. The lowest BCUT2D eigenvalue weighted by Gasteiger charge is -2.35. The summed E-state index contributed by atoms with van der Waals surface area (Å²) in [5.41, 5.74) is -0.874. The molecule has 0 radical (unpaired) electrons. The van der Waals surface area contributed by atoms with Crippen molar-refractivity contribution in [2.45, 2.75) is 25.4 Å². The highest BCUT2D eigenvalue weighted by Gasteiger charge is 2.38. The minimum Gasteiger partial charge on any atom is -0.381 e. The van der Waals surface area contributed by atoms with Gasteiger partial charge in [-0.2, -0.15) is 8.42 Å². The summed E-state index contributed by atoms with van der Waals surface area (Å²) in [4.78, 5) is 0. The molecule has 0 aliphatic carbocycles. The molecular weight excluding hydrogens is 211 g/mol. The quantitative estimate of drug-likeness (QED) is 0.667. The second-order valence-corrected chi connectivity index (χ2v) is 4.78. The molecule has 0 unspecified atom stereocenters. The monoisotopic (exact) mass is 226 g/mol. The first kappa shape index (κ1) is 11.9. The van der Waals surface area contributed by atoms with Gasteiger partial charge < -0.3 is 9.47 Å². The van der Waals surface area contributed by atoms with Gasteiger partial charge in [-0.15, -0.1) is 3.89 Å². The van der Waals surface area contributed by atoms with Crippen LogP contribution in [0, 0.1) is 0 Å². The molecule has 1 rings (SSSR count). The van der Waals surface area contributed by atoms with Crippen molar-refractivity contribution < 1.29 is 21.8 Å². The molecule has 0 amide bonds. The summed E-state index contributed by atoms with van der Waals surface area (Å²) >= 11 is 0. The van der Waals surface area contributed by atoms with Crippen LogP contribution < -0.4 is 0 Å². The normalized spacial score (nSPS) is 22.1. The van der Waals surface area contributed by atoms with Gasteiger partial charge in [-0.1, -0.05) is 0 Å². The number of ether oxygens (including phenoxy) is 2. The first-order chi connectivity index (χ1) is 6.47. The minimum absolute atomic E-state index is 0.384. The van der Waals surface area contributed by atoms with Crippen LogP contribution in [0.5, 0.6) is 0 Å². The largest absolute Gasteiger partial charge is 0.381 e. The van der Waals surface area contributed by atoms with Gasteiger partial charge in [0.15, 0.2) is 0 Å². The fraction of sp³-hybridized carbons (Fsp3) is 1.00. The Kier molecular flexibility index (Phi) is 3.86. The van der Waals surface area contributed by atoms with Crippen LogP contribution in [-0.4, -0.2) is 39.6 Å². The second-order valence-electron chi connectivity index (χ2n) is 3.41. The molecule has 1 fully saturated rings. The Hall–Kier alpha value is -0.200. The lowest BCUT2D eigenvalue weighted by molar-refractivity contribution is -0.0929. The third-order valence-electron chi connectivity index (χ3n) is 2.29. The molecule has 0 bridgehead atoms. The molecule has 0 spiro atoms. The molecule has 0 saturated carbocycles. The molecule has 0 aromatic carbocycles. The van der Waals surface area contributed by atoms with Crippen LogP contribution in [-0.2, 0) is 19.7 Å². The van der Waals surface area contributed by atoms with Crippen LogP contribution in [0.25, 0.3) is 0 Å². The molecule has 4 nitrogen and oxygen atoms in total. The molecule has 14 heavy (non-hydrogen) atoms. The zero-order chi connectivity index (χ0) is 10.7. The molecule has 1 aliphatic rings. The van der Waals surface area contributed by atoms with Gasteiger partial charge in [-0.3, -0.25) is 0 Å². The Morgan fingerprint density at radius 2 is 2.00 bits per heavy atom. The lowest BCUT2D eigenvalue weighted by atomic mass is 9.96. The second kappa shape index (κ2) is 4.55. The average Bonchev–Trinajstić information content (AvgIpc) is 2.02. The van der Waals surface area contributed by atoms with E-state index >= 15 is 0 Å². The van der Waals surface area contributed by atoms with Crippen molar-refractivity contribution in [3.8, 4) is 0 Å². The van der Waals surface area contributed by atoms with Gasteiger partial charge >= 0.3 is 10.2 Å². The van der Waals surface area contributed by atoms with E-state index in [1.54, 1.807) is 6.92 Å². The Labute approximate surface area is 83.6 Å².